The van der Waals surface area contributed by atoms with E-state index in [2.05, 4.69) is 4.74 Å². The number of carbonyl (C=O) groups is 2. The van der Waals surface area contributed by atoms with E-state index in [-0.39, 0.29) is 11.8 Å². The largest absolute Gasteiger partial charge is 0.386 e. The number of ether oxygens (including phenoxy) is 1. The Hall–Kier alpha value is -1.38. The van der Waals surface area contributed by atoms with Gasteiger partial charge in [-0.05, 0) is 0 Å². The average molecular weight is 178 g/mol. The van der Waals surface area contributed by atoms with Crippen molar-refractivity contribution in [3.05, 3.63) is 23.3 Å². The SMILES string of the molecule is CC1C=CC(C)C2=C1C(=O)OC2=O. The highest BCUT2D eigenvalue weighted by Crippen LogP contribution is 2.34. The summed E-state index contributed by atoms with van der Waals surface area (Å²) in [6, 6.07) is 0. The maximum Gasteiger partial charge on any atom is 0.343 e. The number of esters is 2. The van der Waals surface area contributed by atoms with Crippen LogP contribution < -0.4 is 0 Å². The molecule has 1 aliphatic carbocycles. The van der Waals surface area contributed by atoms with Gasteiger partial charge in [0.2, 0.25) is 0 Å². The van der Waals surface area contributed by atoms with Crippen LogP contribution in [0.25, 0.3) is 0 Å². The molecule has 0 amide bonds. The Labute approximate surface area is 76.1 Å². The number of rotatable bonds is 0. The van der Waals surface area contributed by atoms with Gasteiger partial charge in [0.25, 0.3) is 0 Å². The van der Waals surface area contributed by atoms with E-state index in [1.165, 1.54) is 0 Å². The molecule has 1 aliphatic heterocycles. The van der Waals surface area contributed by atoms with Gasteiger partial charge in [-0.15, -0.1) is 0 Å². The van der Waals surface area contributed by atoms with E-state index < -0.39 is 11.9 Å². The van der Waals surface area contributed by atoms with E-state index in [0.29, 0.717) is 11.1 Å². The van der Waals surface area contributed by atoms with Crippen LogP contribution in [0.3, 0.4) is 0 Å². The quantitative estimate of drug-likeness (QED) is 0.318. The minimum atomic E-state index is -0.469. The fourth-order valence-corrected chi connectivity index (χ4v) is 1.80. The lowest BCUT2D eigenvalue weighted by Crippen LogP contribution is -2.13. The zero-order valence-electron chi connectivity index (χ0n) is 7.53. The van der Waals surface area contributed by atoms with Gasteiger partial charge < -0.3 is 4.74 Å². The van der Waals surface area contributed by atoms with Gasteiger partial charge in [-0.1, -0.05) is 26.0 Å². The van der Waals surface area contributed by atoms with Crippen LogP contribution in [0, 0.1) is 11.8 Å². The first kappa shape index (κ1) is 8.23. The first-order chi connectivity index (χ1) is 6.11. The molecule has 0 aromatic carbocycles. The standard InChI is InChI=1S/C10H10O3/c1-5-3-4-6(2)8-7(5)9(11)13-10(8)12/h3-6H,1-2H3. The number of hydrogen-bond acceptors (Lipinski definition) is 3. The van der Waals surface area contributed by atoms with Crippen LogP contribution in [-0.2, 0) is 14.3 Å². The fourth-order valence-electron chi connectivity index (χ4n) is 1.80. The van der Waals surface area contributed by atoms with Gasteiger partial charge in [0.15, 0.2) is 0 Å². The van der Waals surface area contributed by atoms with Gasteiger partial charge in [0, 0.05) is 11.8 Å². The Balaban J connectivity index is 2.52. The Bertz CT molecular complexity index is 317. The summed E-state index contributed by atoms with van der Waals surface area (Å²) in [7, 11) is 0. The molecule has 3 nitrogen and oxygen atoms in total. The summed E-state index contributed by atoms with van der Waals surface area (Å²) in [5.41, 5.74) is 1.08. The Morgan fingerprint density at radius 1 is 1.00 bits per heavy atom. The number of hydrogen-bond donors (Lipinski definition) is 0. The van der Waals surface area contributed by atoms with E-state index in [4.69, 9.17) is 0 Å². The summed E-state index contributed by atoms with van der Waals surface area (Å²) in [5, 5.41) is 0. The zero-order chi connectivity index (χ0) is 9.59. The summed E-state index contributed by atoms with van der Waals surface area (Å²) >= 11 is 0. The van der Waals surface area contributed by atoms with Crippen LogP contribution in [0.15, 0.2) is 23.3 Å². The number of carbonyl (C=O) groups excluding carboxylic acids is 2. The number of allylic oxidation sites excluding steroid dienone is 2. The maximum atomic E-state index is 11.2. The average Bonchev–Trinajstić information content (AvgIpc) is 2.36. The Morgan fingerprint density at radius 2 is 1.38 bits per heavy atom. The third kappa shape index (κ3) is 1.03. The van der Waals surface area contributed by atoms with E-state index >= 15 is 0 Å². The van der Waals surface area contributed by atoms with E-state index in [0.717, 1.165) is 0 Å². The highest BCUT2D eigenvalue weighted by molar-refractivity contribution is 6.13. The molecule has 1 heterocycles. The summed E-state index contributed by atoms with van der Waals surface area (Å²) in [5.74, 6) is -0.928. The summed E-state index contributed by atoms with van der Waals surface area (Å²) in [6.07, 6.45) is 3.87. The third-order valence-electron chi connectivity index (χ3n) is 2.51. The minimum Gasteiger partial charge on any atom is -0.386 e. The molecule has 0 spiro atoms. The van der Waals surface area contributed by atoms with Crippen LogP contribution >= 0.6 is 0 Å². The van der Waals surface area contributed by atoms with Crippen LogP contribution in [-0.4, -0.2) is 11.9 Å². The molecule has 0 aromatic heterocycles. The second kappa shape index (κ2) is 2.55. The molecule has 2 rings (SSSR count). The van der Waals surface area contributed by atoms with E-state index in [1.807, 2.05) is 26.0 Å². The monoisotopic (exact) mass is 178 g/mol. The second-order valence-corrected chi connectivity index (χ2v) is 3.47. The van der Waals surface area contributed by atoms with Gasteiger partial charge in [-0.2, -0.15) is 0 Å². The predicted molar refractivity (Wildman–Crippen MR) is 45.6 cm³/mol. The lowest BCUT2D eigenvalue weighted by atomic mass is 9.85. The van der Waals surface area contributed by atoms with Crippen molar-refractivity contribution in [2.75, 3.05) is 0 Å². The molecule has 0 saturated carbocycles. The third-order valence-corrected chi connectivity index (χ3v) is 2.51. The molecule has 0 saturated heterocycles. The molecule has 0 radical (unpaired) electrons. The van der Waals surface area contributed by atoms with Crippen molar-refractivity contribution < 1.29 is 14.3 Å². The van der Waals surface area contributed by atoms with Gasteiger partial charge in [-0.3, -0.25) is 0 Å². The predicted octanol–water partition coefficient (Wildman–Crippen LogP) is 1.21. The normalized spacial score (nSPS) is 32.2. The first-order valence-corrected chi connectivity index (χ1v) is 4.30. The number of cyclic esters (lactones) is 2. The van der Waals surface area contributed by atoms with Crippen molar-refractivity contribution in [3.63, 3.8) is 0 Å². The van der Waals surface area contributed by atoms with Crippen molar-refractivity contribution in [1.82, 2.24) is 0 Å². The van der Waals surface area contributed by atoms with Gasteiger partial charge in [-0.25, -0.2) is 9.59 Å². The van der Waals surface area contributed by atoms with Crippen LogP contribution in [0.1, 0.15) is 13.8 Å². The lowest BCUT2D eigenvalue weighted by molar-refractivity contribution is -0.151. The van der Waals surface area contributed by atoms with Crippen molar-refractivity contribution in [1.29, 1.82) is 0 Å². The molecule has 68 valence electrons. The van der Waals surface area contributed by atoms with E-state index in [1.54, 1.807) is 0 Å². The summed E-state index contributed by atoms with van der Waals surface area (Å²) in [4.78, 5) is 22.5. The Kier molecular flexibility index (Phi) is 1.62. The molecule has 2 unspecified atom stereocenters. The molecular weight excluding hydrogens is 168 g/mol. The molecule has 0 bridgehead atoms. The van der Waals surface area contributed by atoms with Gasteiger partial charge in [0.05, 0.1) is 11.1 Å². The highest BCUT2D eigenvalue weighted by atomic mass is 16.6. The first-order valence-electron chi connectivity index (χ1n) is 4.30. The molecular formula is C10H10O3. The van der Waals surface area contributed by atoms with Crippen molar-refractivity contribution in [3.8, 4) is 0 Å². The molecule has 3 heteroatoms. The maximum absolute atomic E-state index is 11.2. The second-order valence-electron chi connectivity index (χ2n) is 3.47. The molecule has 0 aromatic rings. The smallest absolute Gasteiger partial charge is 0.343 e. The molecule has 0 fully saturated rings. The van der Waals surface area contributed by atoms with Gasteiger partial charge >= 0.3 is 11.9 Å². The molecule has 2 aliphatic rings. The Morgan fingerprint density at radius 3 is 1.77 bits per heavy atom. The summed E-state index contributed by atoms with van der Waals surface area (Å²) < 4.78 is 4.56. The van der Waals surface area contributed by atoms with Crippen molar-refractivity contribution >= 4 is 11.9 Å². The summed E-state index contributed by atoms with van der Waals surface area (Å²) in [6.45, 7) is 3.77. The van der Waals surface area contributed by atoms with Gasteiger partial charge in [0.1, 0.15) is 0 Å². The van der Waals surface area contributed by atoms with Crippen LogP contribution in [0.4, 0.5) is 0 Å². The lowest BCUT2D eigenvalue weighted by Gasteiger charge is -2.15. The van der Waals surface area contributed by atoms with Crippen molar-refractivity contribution in [2.45, 2.75) is 13.8 Å². The zero-order valence-corrected chi connectivity index (χ0v) is 7.53. The molecule has 13 heavy (non-hydrogen) atoms. The topological polar surface area (TPSA) is 43.4 Å². The van der Waals surface area contributed by atoms with Crippen LogP contribution in [0.2, 0.25) is 0 Å². The van der Waals surface area contributed by atoms with E-state index in [9.17, 15) is 9.59 Å². The molecule has 2 atom stereocenters. The highest BCUT2D eigenvalue weighted by Gasteiger charge is 2.38. The van der Waals surface area contributed by atoms with Crippen LogP contribution in [0.5, 0.6) is 0 Å². The minimum absolute atomic E-state index is 0.00477. The fraction of sp³-hybridized carbons (Fsp3) is 0.400. The van der Waals surface area contributed by atoms with Crippen molar-refractivity contribution in [2.24, 2.45) is 11.8 Å². The molecule has 0 N–H and O–H groups in total.